The summed E-state index contributed by atoms with van der Waals surface area (Å²) in [6.07, 6.45) is 5.23. The third-order valence-electron chi connectivity index (χ3n) is 7.22. The first-order chi connectivity index (χ1) is 14.5. The molecule has 4 atom stereocenters. The van der Waals surface area contributed by atoms with Gasteiger partial charge in [0, 0.05) is 57.9 Å². The van der Waals surface area contributed by atoms with Crippen molar-refractivity contribution in [3.05, 3.63) is 52.1 Å². The summed E-state index contributed by atoms with van der Waals surface area (Å²) in [5, 5.41) is 10.8. The van der Waals surface area contributed by atoms with Gasteiger partial charge in [0.25, 0.3) is 5.69 Å². The first-order valence-corrected chi connectivity index (χ1v) is 10.7. The maximum Gasteiger partial charge on any atom is 0.269 e. The van der Waals surface area contributed by atoms with E-state index in [1.165, 1.54) is 4.90 Å². The molecule has 2 aliphatic carbocycles. The highest BCUT2D eigenvalue weighted by Gasteiger charge is 2.59. The predicted molar refractivity (Wildman–Crippen MR) is 109 cm³/mol. The molecule has 0 aromatic heterocycles. The molecule has 8 heteroatoms. The zero-order valence-corrected chi connectivity index (χ0v) is 16.9. The van der Waals surface area contributed by atoms with Gasteiger partial charge in [0.05, 0.1) is 16.8 Å². The fourth-order valence-corrected chi connectivity index (χ4v) is 5.58. The van der Waals surface area contributed by atoms with Crippen LogP contribution < -0.4 is 0 Å². The van der Waals surface area contributed by atoms with Crippen molar-refractivity contribution in [2.24, 2.45) is 23.7 Å². The minimum atomic E-state index is -0.382. The molecule has 30 heavy (non-hydrogen) atoms. The number of nitrogens with zero attached hydrogens (tertiary/aromatic N) is 4. The number of rotatable bonds is 6. The molecule has 2 saturated heterocycles. The largest absolute Gasteiger partial charge is 0.299 e. The van der Waals surface area contributed by atoms with Crippen LogP contribution in [0.1, 0.15) is 12.0 Å². The second-order valence-electron chi connectivity index (χ2n) is 8.87. The number of benzene rings is 1. The molecule has 158 valence electrons. The minimum absolute atomic E-state index is 0.0404. The highest BCUT2D eigenvalue weighted by atomic mass is 16.6. The molecule has 1 aromatic carbocycles. The summed E-state index contributed by atoms with van der Waals surface area (Å²) in [6.45, 7) is 5.58. The third kappa shape index (κ3) is 3.33. The fourth-order valence-electron chi connectivity index (χ4n) is 5.58. The van der Waals surface area contributed by atoms with Gasteiger partial charge in [-0.2, -0.15) is 0 Å². The molecule has 2 amide bonds. The van der Waals surface area contributed by atoms with Crippen LogP contribution in [0.2, 0.25) is 0 Å². The van der Waals surface area contributed by atoms with Crippen LogP contribution in [0.25, 0.3) is 0 Å². The summed E-state index contributed by atoms with van der Waals surface area (Å²) < 4.78 is 0. The number of piperazine rings is 1. The van der Waals surface area contributed by atoms with E-state index in [1.807, 2.05) is 12.1 Å². The van der Waals surface area contributed by atoms with Gasteiger partial charge in [-0.05, 0) is 23.8 Å². The molecule has 4 aliphatic rings. The zero-order valence-electron chi connectivity index (χ0n) is 16.9. The SMILES string of the molecule is O=C1[C@H]2[C@H](C(=O)N1CCN1CCN(Cc3ccc([N+](=O)[O-])cc3)CC1)[C@@H]1C=C[C@@H]2C1. The molecule has 8 nitrogen and oxygen atoms in total. The zero-order chi connectivity index (χ0) is 20.8. The van der Waals surface area contributed by atoms with Crippen molar-refractivity contribution in [3.63, 3.8) is 0 Å². The first kappa shape index (κ1) is 19.4. The van der Waals surface area contributed by atoms with E-state index < -0.39 is 0 Å². The number of nitro benzene ring substituents is 1. The van der Waals surface area contributed by atoms with E-state index in [2.05, 4.69) is 22.0 Å². The predicted octanol–water partition coefficient (Wildman–Crippen LogP) is 1.52. The Bertz CT molecular complexity index is 861. The van der Waals surface area contributed by atoms with Crippen molar-refractivity contribution >= 4 is 17.5 Å². The molecule has 0 radical (unpaired) electrons. The van der Waals surface area contributed by atoms with Gasteiger partial charge in [0.15, 0.2) is 0 Å². The van der Waals surface area contributed by atoms with Crippen LogP contribution >= 0.6 is 0 Å². The molecule has 2 aliphatic heterocycles. The van der Waals surface area contributed by atoms with Crippen LogP contribution in [0.3, 0.4) is 0 Å². The van der Waals surface area contributed by atoms with Gasteiger partial charge < -0.3 is 0 Å². The van der Waals surface area contributed by atoms with Crippen molar-refractivity contribution in [3.8, 4) is 0 Å². The van der Waals surface area contributed by atoms with Crippen molar-refractivity contribution in [1.82, 2.24) is 14.7 Å². The van der Waals surface area contributed by atoms with E-state index in [4.69, 9.17) is 0 Å². The average Bonchev–Trinajstić information content (AvgIpc) is 3.42. The number of amides is 2. The van der Waals surface area contributed by atoms with Crippen molar-refractivity contribution in [2.45, 2.75) is 13.0 Å². The Morgan fingerprint density at radius 3 is 2.00 bits per heavy atom. The van der Waals surface area contributed by atoms with E-state index in [0.717, 1.165) is 51.3 Å². The summed E-state index contributed by atoms with van der Waals surface area (Å²) in [5.41, 5.74) is 1.18. The molecule has 1 aromatic rings. The first-order valence-electron chi connectivity index (χ1n) is 10.7. The topological polar surface area (TPSA) is 87.0 Å². The van der Waals surface area contributed by atoms with E-state index in [1.54, 1.807) is 12.1 Å². The smallest absolute Gasteiger partial charge is 0.269 e. The summed E-state index contributed by atoms with van der Waals surface area (Å²) in [7, 11) is 0. The Hall–Kier alpha value is -2.58. The monoisotopic (exact) mass is 410 g/mol. The number of fused-ring (bicyclic) bond motifs is 5. The van der Waals surface area contributed by atoms with Crippen LogP contribution in [0.15, 0.2) is 36.4 Å². The quantitative estimate of drug-likeness (QED) is 0.306. The van der Waals surface area contributed by atoms with Gasteiger partial charge in [-0.25, -0.2) is 0 Å². The summed E-state index contributed by atoms with van der Waals surface area (Å²) >= 11 is 0. The van der Waals surface area contributed by atoms with Crippen LogP contribution in [0, 0.1) is 33.8 Å². The third-order valence-corrected chi connectivity index (χ3v) is 7.22. The molecule has 0 spiro atoms. The second kappa shape index (κ2) is 7.59. The van der Waals surface area contributed by atoms with Crippen molar-refractivity contribution in [1.29, 1.82) is 0 Å². The fraction of sp³-hybridized carbons (Fsp3) is 0.545. The Balaban J connectivity index is 1.09. The van der Waals surface area contributed by atoms with Gasteiger partial charge in [-0.15, -0.1) is 0 Å². The Kier molecular flexibility index (Phi) is 4.91. The number of imide groups is 1. The van der Waals surface area contributed by atoms with Crippen LogP contribution in [-0.4, -0.2) is 70.7 Å². The highest BCUT2D eigenvalue weighted by molar-refractivity contribution is 6.06. The standard InChI is InChI=1S/C22H26N4O4/c27-21-19-16-3-4-17(13-16)20(19)22(28)25(21)12-11-23-7-9-24(10-8-23)14-15-1-5-18(6-2-15)26(29)30/h1-6,16-17,19-20H,7-14H2/t16-,17-,19-,20-/m1/s1. The Morgan fingerprint density at radius 2 is 1.43 bits per heavy atom. The maximum absolute atomic E-state index is 12.8. The lowest BCUT2D eigenvalue weighted by atomic mass is 9.85. The number of allylic oxidation sites excluding steroid dienone is 2. The van der Waals surface area contributed by atoms with E-state index in [0.29, 0.717) is 6.54 Å². The number of non-ortho nitro benzene ring substituents is 1. The lowest BCUT2D eigenvalue weighted by Crippen LogP contribution is -2.48. The minimum Gasteiger partial charge on any atom is -0.299 e. The van der Waals surface area contributed by atoms with Crippen LogP contribution in [0.5, 0.6) is 0 Å². The van der Waals surface area contributed by atoms with Gasteiger partial charge >= 0.3 is 0 Å². The number of carbonyl (C=O) groups is 2. The molecule has 3 fully saturated rings. The van der Waals surface area contributed by atoms with Crippen LogP contribution in [0.4, 0.5) is 5.69 Å². The summed E-state index contributed by atoms with van der Waals surface area (Å²) in [5.74, 6) is 0.406. The highest BCUT2D eigenvalue weighted by Crippen LogP contribution is 2.52. The van der Waals surface area contributed by atoms with Crippen molar-refractivity contribution < 1.29 is 14.5 Å². The van der Waals surface area contributed by atoms with Crippen LogP contribution in [-0.2, 0) is 16.1 Å². The number of hydrogen-bond acceptors (Lipinski definition) is 6. The van der Waals surface area contributed by atoms with Gasteiger partial charge in [0.1, 0.15) is 0 Å². The van der Waals surface area contributed by atoms with Gasteiger partial charge in [-0.3, -0.25) is 34.4 Å². The van der Waals surface area contributed by atoms with Crippen molar-refractivity contribution in [2.75, 3.05) is 39.3 Å². The van der Waals surface area contributed by atoms with E-state index in [9.17, 15) is 19.7 Å². The lowest BCUT2D eigenvalue weighted by molar-refractivity contribution is -0.384. The Morgan fingerprint density at radius 1 is 0.867 bits per heavy atom. The molecule has 2 bridgehead atoms. The molecule has 5 rings (SSSR count). The number of carbonyl (C=O) groups excluding carboxylic acids is 2. The molecule has 0 unspecified atom stereocenters. The molecular formula is C22H26N4O4. The summed E-state index contributed by atoms with van der Waals surface area (Å²) in [6, 6.07) is 6.72. The maximum atomic E-state index is 12.8. The van der Waals surface area contributed by atoms with Gasteiger partial charge in [0.2, 0.25) is 11.8 Å². The normalized spacial score (nSPS) is 31.0. The average molecular weight is 410 g/mol. The number of nitro groups is 1. The molecular weight excluding hydrogens is 384 g/mol. The van der Waals surface area contributed by atoms with E-state index in [-0.39, 0.29) is 46.1 Å². The molecule has 1 saturated carbocycles. The number of likely N-dealkylation sites (tertiary alicyclic amines) is 1. The molecule has 2 heterocycles. The Labute approximate surface area is 175 Å². The summed E-state index contributed by atoms with van der Waals surface area (Å²) in [4.78, 5) is 42.1. The number of hydrogen-bond donors (Lipinski definition) is 0. The molecule has 0 N–H and O–H groups in total. The lowest BCUT2D eigenvalue weighted by Gasteiger charge is -2.35. The second-order valence-corrected chi connectivity index (χ2v) is 8.87. The van der Waals surface area contributed by atoms with E-state index >= 15 is 0 Å². The van der Waals surface area contributed by atoms with Gasteiger partial charge in [-0.1, -0.05) is 24.3 Å².